The molecule has 1 fully saturated rings. The maximum atomic E-state index is 13.1. The van der Waals surface area contributed by atoms with Crippen molar-refractivity contribution in [3.8, 4) is 11.5 Å². The Balaban J connectivity index is 1.42. The molecule has 0 aromatic heterocycles. The zero-order valence-corrected chi connectivity index (χ0v) is 13.6. The number of nitrogens with zero attached hydrogens (tertiary/aromatic N) is 1. The van der Waals surface area contributed by atoms with Gasteiger partial charge in [-0.05, 0) is 35.4 Å². The second-order valence-electron chi connectivity index (χ2n) is 6.12. The van der Waals surface area contributed by atoms with Gasteiger partial charge in [0.2, 0.25) is 12.7 Å². The zero-order valence-electron chi connectivity index (χ0n) is 13.6. The molecule has 2 aromatic carbocycles. The molecule has 2 aliphatic rings. The van der Waals surface area contributed by atoms with E-state index in [1.807, 2.05) is 18.2 Å². The molecule has 0 aliphatic carbocycles. The SMILES string of the molecule is O=C(Cc1ccc2c(c1)OCO2)N1CCOC(c2ccc(F)cc2)C1. The number of morpholine rings is 1. The van der Waals surface area contributed by atoms with Crippen LogP contribution in [-0.4, -0.2) is 37.3 Å². The standard InChI is InChI=1S/C19H18FNO4/c20-15-4-2-14(3-5-15)18-11-21(7-8-23-18)19(22)10-13-1-6-16-17(9-13)25-12-24-16/h1-6,9,18H,7-8,10-12H2. The maximum absolute atomic E-state index is 13.1. The van der Waals surface area contributed by atoms with E-state index in [0.29, 0.717) is 37.6 Å². The monoisotopic (exact) mass is 343 g/mol. The second kappa shape index (κ2) is 6.72. The van der Waals surface area contributed by atoms with Gasteiger partial charge in [0, 0.05) is 6.54 Å². The summed E-state index contributed by atoms with van der Waals surface area (Å²) in [7, 11) is 0. The Morgan fingerprint density at radius 3 is 2.76 bits per heavy atom. The summed E-state index contributed by atoms with van der Waals surface area (Å²) in [5.41, 5.74) is 1.76. The molecular weight excluding hydrogens is 325 g/mol. The minimum Gasteiger partial charge on any atom is -0.454 e. The highest BCUT2D eigenvalue weighted by atomic mass is 19.1. The molecule has 6 heteroatoms. The van der Waals surface area contributed by atoms with Crippen LogP contribution < -0.4 is 9.47 Å². The van der Waals surface area contributed by atoms with Gasteiger partial charge in [0.05, 0.1) is 19.6 Å². The fourth-order valence-electron chi connectivity index (χ4n) is 3.09. The molecule has 0 saturated carbocycles. The molecule has 4 rings (SSSR count). The van der Waals surface area contributed by atoms with Crippen molar-refractivity contribution in [1.82, 2.24) is 4.90 Å². The summed E-state index contributed by atoms with van der Waals surface area (Å²) < 4.78 is 29.5. The van der Waals surface area contributed by atoms with Gasteiger partial charge in [-0.1, -0.05) is 18.2 Å². The van der Waals surface area contributed by atoms with Crippen LogP contribution in [0, 0.1) is 5.82 Å². The maximum Gasteiger partial charge on any atom is 0.231 e. The number of carbonyl (C=O) groups is 1. The highest BCUT2D eigenvalue weighted by Gasteiger charge is 2.26. The van der Waals surface area contributed by atoms with E-state index < -0.39 is 0 Å². The van der Waals surface area contributed by atoms with E-state index in [2.05, 4.69) is 0 Å². The lowest BCUT2D eigenvalue weighted by Gasteiger charge is -2.33. The summed E-state index contributed by atoms with van der Waals surface area (Å²) in [4.78, 5) is 14.4. The molecule has 1 amide bonds. The van der Waals surface area contributed by atoms with Crippen LogP contribution in [0.5, 0.6) is 11.5 Å². The van der Waals surface area contributed by atoms with E-state index in [0.717, 1.165) is 11.1 Å². The first-order valence-corrected chi connectivity index (χ1v) is 8.22. The van der Waals surface area contributed by atoms with Crippen molar-refractivity contribution in [2.45, 2.75) is 12.5 Å². The number of hydrogen-bond acceptors (Lipinski definition) is 4. The minimum atomic E-state index is -0.282. The molecule has 2 aromatic rings. The molecule has 2 aliphatic heterocycles. The Kier molecular flexibility index (Phi) is 4.28. The van der Waals surface area contributed by atoms with Crippen LogP contribution in [0.3, 0.4) is 0 Å². The molecule has 25 heavy (non-hydrogen) atoms. The molecule has 0 radical (unpaired) electrons. The summed E-state index contributed by atoms with van der Waals surface area (Å²) in [5, 5.41) is 0. The molecule has 1 saturated heterocycles. The Hall–Kier alpha value is -2.60. The Morgan fingerprint density at radius 2 is 1.92 bits per heavy atom. The van der Waals surface area contributed by atoms with Crippen LogP contribution in [0.4, 0.5) is 4.39 Å². The predicted molar refractivity (Wildman–Crippen MR) is 87.9 cm³/mol. The first kappa shape index (κ1) is 15.9. The highest BCUT2D eigenvalue weighted by molar-refractivity contribution is 5.79. The molecule has 1 atom stereocenters. The Bertz CT molecular complexity index is 777. The van der Waals surface area contributed by atoms with Crippen LogP contribution in [0.25, 0.3) is 0 Å². The van der Waals surface area contributed by atoms with Gasteiger partial charge in [-0.2, -0.15) is 0 Å². The van der Waals surface area contributed by atoms with Gasteiger partial charge < -0.3 is 19.1 Å². The van der Waals surface area contributed by atoms with Crippen LogP contribution in [-0.2, 0) is 16.0 Å². The van der Waals surface area contributed by atoms with Crippen LogP contribution in [0.1, 0.15) is 17.2 Å². The van der Waals surface area contributed by atoms with E-state index in [4.69, 9.17) is 14.2 Å². The number of benzene rings is 2. The van der Waals surface area contributed by atoms with E-state index in [1.54, 1.807) is 17.0 Å². The van der Waals surface area contributed by atoms with Crippen molar-refractivity contribution in [1.29, 1.82) is 0 Å². The van der Waals surface area contributed by atoms with Gasteiger partial charge in [0.25, 0.3) is 0 Å². The molecular formula is C19H18FNO4. The lowest BCUT2D eigenvalue weighted by molar-refractivity contribution is -0.138. The number of fused-ring (bicyclic) bond motifs is 1. The number of ether oxygens (including phenoxy) is 3. The lowest BCUT2D eigenvalue weighted by Crippen LogP contribution is -2.42. The van der Waals surface area contributed by atoms with Crippen molar-refractivity contribution in [3.63, 3.8) is 0 Å². The van der Waals surface area contributed by atoms with Gasteiger partial charge in [0.1, 0.15) is 11.9 Å². The summed E-state index contributed by atoms with van der Waals surface area (Å²) in [5.74, 6) is 1.14. The van der Waals surface area contributed by atoms with Gasteiger partial charge >= 0.3 is 0 Å². The quantitative estimate of drug-likeness (QED) is 0.860. The van der Waals surface area contributed by atoms with Crippen molar-refractivity contribution in [2.24, 2.45) is 0 Å². The lowest BCUT2D eigenvalue weighted by atomic mass is 10.1. The number of rotatable bonds is 3. The highest BCUT2D eigenvalue weighted by Crippen LogP contribution is 2.33. The van der Waals surface area contributed by atoms with Crippen LogP contribution >= 0.6 is 0 Å². The van der Waals surface area contributed by atoms with Crippen molar-refractivity contribution in [3.05, 3.63) is 59.4 Å². The summed E-state index contributed by atoms with van der Waals surface area (Å²) in [6, 6.07) is 11.8. The topological polar surface area (TPSA) is 48.0 Å². The van der Waals surface area contributed by atoms with Gasteiger partial charge in [-0.15, -0.1) is 0 Å². The third kappa shape index (κ3) is 3.44. The van der Waals surface area contributed by atoms with Crippen molar-refractivity contribution in [2.75, 3.05) is 26.5 Å². The summed E-state index contributed by atoms with van der Waals surface area (Å²) in [6.45, 7) is 1.71. The predicted octanol–water partition coefficient (Wildman–Crippen LogP) is 2.70. The average molecular weight is 343 g/mol. The third-order valence-electron chi connectivity index (χ3n) is 4.45. The van der Waals surface area contributed by atoms with Crippen LogP contribution in [0.15, 0.2) is 42.5 Å². The number of hydrogen-bond donors (Lipinski definition) is 0. The van der Waals surface area contributed by atoms with Crippen LogP contribution in [0.2, 0.25) is 0 Å². The minimum absolute atomic E-state index is 0.0364. The second-order valence-corrected chi connectivity index (χ2v) is 6.12. The molecule has 2 heterocycles. The van der Waals surface area contributed by atoms with E-state index >= 15 is 0 Å². The molecule has 5 nitrogen and oxygen atoms in total. The first-order chi connectivity index (χ1) is 12.2. The third-order valence-corrected chi connectivity index (χ3v) is 4.45. The fourth-order valence-corrected chi connectivity index (χ4v) is 3.09. The normalized spacial score (nSPS) is 19.1. The van der Waals surface area contributed by atoms with Gasteiger partial charge in [-0.3, -0.25) is 4.79 Å². The zero-order chi connectivity index (χ0) is 17.2. The largest absolute Gasteiger partial charge is 0.454 e. The molecule has 0 N–H and O–H groups in total. The van der Waals surface area contributed by atoms with E-state index in [1.165, 1.54) is 12.1 Å². The van der Waals surface area contributed by atoms with E-state index in [9.17, 15) is 9.18 Å². The summed E-state index contributed by atoms with van der Waals surface area (Å²) in [6.07, 6.45) is 0.0716. The number of carbonyl (C=O) groups excluding carboxylic acids is 1. The van der Waals surface area contributed by atoms with Crippen molar-refractivity contribution < 1.29 is 23.4 Å². The Labute approximate surface area is 144 Å². The van der Waals surface area contributed by atoms with Gasteiger partial charge in [-0.25, -0.2) is 4.39 Å². The molecule has 0 bridgehead atoms. The number of amides is 1. The smallest absolute Gasteiger partial charge is 0.231 e. The molecule has 130 valence electrons. The molecule has 1 unspecified atom stereocenters. The van der Waals surface area contributed by atoms with E-state index in [-0.39, 0.29) is 24.6 Å². The van der Waals surface area contributed by atoms with Gasteiger partial charge in [0.15, 0.2) is 11.5 Å². The number of halogens is 1. The van der Waals surface area contributed by atoms with Crippen molar-refractivity contribution >= 4 is 5.91 Å². The average Bonchev–Trinajstić information content (AvgIpc) is 3.10. The summed E-state index contributed by atoms with van der Waals surface area (Å²) >= 11 is 0. The Morgan fingerprint density at radius 1 is 1.12 bits per heavy atom. The fraction of sp³-hybridized carbons (Fsp3) is 0.316. The first-order valence-electron chi connectivity index (χ1n) is 8.22. The molecule has 0 spiro atoms.